The van der Waals surface area contributed by atoms with Gasteiger partial charge in [0.15, 0.2) is 0 Å². The van der Waals surface area contributed by atoms with Crippen molar-refractivity contribution in [3.8, 4) is 0 Å². The average molecular weight is 355 g/mol. The zero-order valence-electron chi connectivity index (χ0n) is 16.3. The third-order valence-corrected chi connectivity index (χ3v) is 4.60. The smallest absolute Gasteiger partial charge is 0.223 e. The number of carbonyl (C=O) groups is 3. The molecule has 0 heterocycles. The third kappa shape index (κ3) is 14.6. The maximum absolute atomic E-state index is 12.0. The Bertz CT molecular complexity index is 383. The quantitative estimate of drug-likeness (QED) is 0.388. The van der Waals surface area contributed by atoms with Crippen LogP contribution < -0.4 is 11.1 Å². The van der Waals surface area contributed by atoms with Gasteiger partial charge >= 0.3 is 0 Å². The number of Topliss-reactive ketones (excluding diaryl/α,β-unsaturated/α-hetero) is 1. The van der Waals surface area contributed by atoms with E-state index in [0.29, 0.717) is 6.42 Å². The van der Waals surface area contributed by atoms with E-state index in [1.54, 1.807) is 0 Å². The predicted octanol–water partition coefficient (Wildman–Crippen LogP) is 3.88. The average Bonchev–Trinajstić information content (AvgIpc) is 2.58. The first-order valence-corrected chi connectivity index (χ1v) is 10.0. The number of amides is 2. The van der Waals surface area contributed by atoms with E-state index in [0.717, 1.165) is 12.8 Å². The number of nitrogens with two attached hydrogens (primary N) is 1. The molecule has 0 saturated heterocycles. The number of hydrogen-bond donors (Lipinski definition) is 2. The van der Waals surface area contributed by atoms with Gasteiger partial charge in [-0.05, 0) is 6.42 Å². The molecule has 5 nitrogen and oxygen atoms in total. The number of unbranched alkanes of at least 4 members (excludes halogenated alkanes) is 10. The first kappa shape index (κ1) is 23.6. The van der Waals surface area contributed by atoms with Crippen molar-refractivity contribution in [2.24, 2.45) is 11.7 Å². The van der Waals surface area contributed by atoms with Gasteiger partial charge in [0, 0.05) is 26.3 Å². The first-order chi connectivity index (χ1) is 12.0. The van der Waals surface area contributed by atoms with E-state index in [1.807, 2.05) is 0 Å². The number of hydrogen-bond acceptors (Lipinski definition) is 3. The van der Waals surface area contributed by atoms with Gasteiger partial charge in [-0.2, -0.15) is 0 Å². The Balaban J connectivity index is 3.65. The van der Waals surface area contributed by atoms with Crippen LogP contribution in [0.25, 0.3) is 0 Å². The van der Waals surface area contributed by atoms with Crippen LogP contribution in [-0.2, 0) is 14.4 Å². The zero-order chi connectivity index (χ0) is 18.9. The van der Waals surface area contributed by atoms with Crippen molar-refractivity contribution in [3.63, 3.8) is 0 Å². The van der Waals surface area contributed by atoms with Crippen molar-refractivity contribution in [2.75, 3.05) is 7.05 Å². The summed E-state index contributed by atoms with van der Waals surface area (Å²) < 4.78 is 0. The molecule has 3 N–H and O–H groups in total. The summed E-state index contributed by atoms with van der Waals surface area (Å²) in [6.45, 7) is 2.24. The van der Waals surface area contributed by atoms with Crippen LogP contribution in [0.3, 0.4) is 0 Å². The molecule has 0 aromatic heterocycles. The predicted molar refractivity (Wildman–Crippen MR) is 102 cm³/mol. The van der Waals surface area contributed by atoms with Crippen LogP contribution in [-0.4, -0.2) is 24.6 Å². The van der Waals surface area contributed by atoms with Gasteiger partial charge in [-0.25, -0.2) is 0 Å². The summed E-state index contributed by atoms with van der Waals surface area (Å²) in [4.78, 5) is 34.7. The molecule has 2 amide bonds. The Labute approximate surface area is 153 Å². The summed E-state index contributed by atoms with van der Waals surface area (Å²) in [6.07, 6.45) is 14.2. The molecular weight excluding hydrogens is 316 g/mol. The first-order valence-electron chi connectivity index (χ1n) is 10.0. The highest BCUT2D eigenvalue weighted by atomic mass is 16.2. The molecule has 0 aliphatic carbocycles. The van der Waals surface area contributed by atoms with Crippen molar-refractivity contribution in [3.05, 3.63) is 0 Å². The summed E-state index contributed by atoms with van der Waals surface area (Å²) in [6, 6.07) is 0. The lowest BCUT2D eigenvalue weighted by atomic mass is 9.95. The third-order valence-electron chi connectivity index (χ3n) is 4.60. The largest absolute Gasteiger partial charge is 0.370 e. The fourth-order valence-electron chi connectivity index (χ4n) is 3.07. The van der Waals surface area contributed by atoms with Crippen LogP contribution in [0.15, 0.2) is 0 Å². The Hall–Kier alpha value is -1.39. The van der Waals surface area contributed by atoms with Gasteiger partial charge in [0.25, 0.3) is 0 Å². The molecule has 0 rings (SSSR count). The lowest BCUT2D eigenvalue weighted by Gasteiger charge is -2.12. The van der Waals surface area contributed by atoms with Crippen molar-refractivity contribution in [2.45, 2.75) is 96.8 Å². The van der Waals surface area contributed by atoms with Crippen LogP contribution >= 0.6 is 0 Å². The van der Waals surface area contributed by atoms with Crippen LogP contribution in [0.4, 0.5) is 0 Å². The second-order valence-corrected chi connectivity index (χ2v) is 7.01. The SMILES string of the molecule is CCCCCCCCCCCCCC(=O)CC(CC(N)=O)C(=O)NC. The van der Waals surface area contributed by atoms with Gasteiger partial charge in [0.2, 0.25) is 11.8 Å². The summed E-state index contributed by atoms with van der Waals surface area (Å²) in [5.74, 6) is -1.41. The molecule has 0 spiro atoms. The molecule has 0 aliphatic heterocycles. The fourth-order valence-corrected chi connectivity index (χ4v) is 3.07. The molecule has 0 fully saturated rings. The Kier molecular flexibility index (Phi) is 15.2. The minimum atomic E-state index is -0.622. The molecule has 0 aromatic carbocycles. The second-order valence-electron chi connectivity index (χ2n) is 7.01. The monoisotopic (exact) mass is 354 g/mol. The number of nitrogens with one attached hydrogen (secondary N) is 1. The molecule has 5 heteroatoms. The van der Waals surface area contributed by atoms with E-state index in [-0.39, 0.29) is 24.5 Å². The Morgan fingerprint density at radius 1 is 0.800 bits per heavy atom. The molecule has 1 atom stereocenters. The van der Waals surface area contributed by atoms with Crippen LogP contribution in [0.1, 0.15) is 96.8 Å². The van der Waals surface area contributed by atoms with Gasteiger partial charge < -0.3 is 11.1 Å². The molecule has 0 aromatic rings. The molecule has 146 valence electrons. The van der Waals surface area contributed by atoms with Crippen molar-refractivity contribution < 1.29 is 14.4 Å². The molecule has 0 saturated carbocycles. The van der Waals surface area contributed by atoms with Crippen molar-refractivity contribution in [1.29, 1.82) is 0 Å². The minimum Gasteiger partial charge on any atom is -0.370 e. The number of carbonyl (C=O) groups excluding carboxylic acids is 3. The standard InChI is InChI=1S/C20H38N2O3/c1-3-4-5-6-7-8-9-10-11-12-13-14-18(23)15-17(16-19(21)24)20(25)22-2/h17H,3-16H2,1-2H3,(H2,21,24)(H,22,25). The molecule has 0 aliphatic rings. The van der Waals surface area contributed by atoms with E-state index >= 15 is 0 Å². The normalized spacial score (nSPS) is 11.9. The topological polar surface area (TPSA) is 89.3 Å². The highest BCUT2D eigenvalue weighted by Crippen LogP contribution is 2.15. The van der Waals surface area contributed by atoms with E-state index in [2.05, 4.69) is 12.2 Å². The maximum atomic E-state index is 12.0. The lowest BCUT2D eigenvalue weighted by Crippen LogP contribution is -2.32. The second kappa shape index (κ2) is 16.1. The Morgan fingerprint density at radius 2 is 1.28 bits per heavy atom. The van der Waals surface area contributed by atoms with Gasteiger partial charge in [0.05, 0.1) is 5.92 Å². The van der Waals surface area contributed by atoms with Gasteiger partial charge in [-0.15, -0.1) is 0 Å². The Morgan fingerprint density at radius 3 is 1.72 bits per heavy atom. The van der Waals surface area contributed by atoms with Gasteiger partial charge in [0.1, 0.15) is 5.78 Å². The minimum absolute atomic E-state index is 0.0470. The summed E-state index contributed by atoms with van der Waals surface area (Å²) in [5, 5.41) is 2.49. The van der Waals surface area contributed by atoms with Gasteiger partial charge in [-0.3, -0.25) is 14.4 Å². The molecule has 0 radical (unpaired) electrons. The summed E-state index contributed by atoms with van der Waals surface area (Å²) >= 11 is 0. The van der Waals surface area contributed by atoms with Crippen molar-refractivity contribution in [1.82, 2.24) is 5.32 Å². The summed E-state index contributed by atoms with van der Waals surface area (Å²) in [7, 11) is 1.50. The molecule has 0 bridgehead atoms. The van der Waals surface area contributed by atoms with Crippen molar-refractivity contribution >= 4 is 17.6 Å². The number of rotatable bonds is 17. The highest BCUT2D eigenvalue weighted by Gasteiger charge is 2.22. The number of primary amides is 1. The van der Waals surface area contributed by atoms with Crippen LogP contribution in [0.2, 0.25) is 0 Å². The highest BCUT2D eigenvalue weighted by molar-refractivity contribution is 5.90. The van der Waals surface area contributed by atoms with E-state index in [9.17, 15) is 14.4 Å². The maximum Gasteiger partial charge on any atom is 0.223 e. The molecule has 25 heavy (non-hydrogen) atoms. The van der Waals surface area contributed by atoms with Gasteiger partial charge in [-0.1, -0.05) is 71.1 Å². The van der Waals surface area contributed by atoms with Crippen LogP contribution in [0.5, 0.6) is 0 Å². The number of ketones is 1. The lowest BCUT2D eigenvalue weighted by molar-refractivity contribution is -0.132. The van der Waals surface area contributed by atoms with Crippen LogP contribution in [0, 0.1) is 5.92 Å². The van der Waals surface area contributed by atoms with E-state index in [1.165, 1.54) is 64.8 Å². The molecule has 1 unspecified atom stereocenters. The zero-order valence-corrected chi connectivity index (χ0v) is 16.3. The van der Waals surface area contributed by atoms with E-state index in [4.69, 9.17) is 5.73 Å². The van der Waals surface area contributed by atoms with E-state index < -0.39 is 11.8 Å². The molecular formula is C20H38N2O3. The summed E-state index contributed by atoms with van der Waals surface area (Å²) in [5.41, 5.74) is 5.14. The fraction of sp³-hybridized carbons (Fsp3) is 0.850.